The number of rotatable bonds is 4. The maximum Gasteiger partial charge on any atom is 0.274 e. The Morgan fingerprint density at radius 3 is 2.70 bits per heavy atom. The van der Waals surface area contributed by atoms with E-state index in [1.165, 1.54) is 22.1 Å². The van der Waals surface area contributed by atoms with Gasteiger partial charge in [-0.3, -0.25) is 4.79 Å². The predicted molar refractivity (Wildman–Crippen MR) is 138 cm³/mol. The van der Waals surface area contributed by atoms with E-state index >= 15 is 0 Å². The van der Waals surface area contributed by atoms with Crippen molar-refractivity contribution in [1.82, 2.24) is 9.38 Å². The molecule has 0 fully saturated rings. The Hall–Kier alpha value is -3.48. The van der Waals surface area contributed by atoms with Gasteiger partial charge < -0.3 is 4.74 Å². The molecule has 6 rings (SSSR count). The molecule has 0 unspecified atom stereocenters. The number of aromatic nitrogens is 2. The second kappa shape index (κ2) is 8.14. The minimum atomic E-state index is -0.0453. The van der Waals surface area contributed by atoms with Gasteiger partial charge >= 0.3 is 0 Å². The summed E-state index contributed by atoms with van der Waals surface area (Å²) < 4.78 is 9.29. The highest BCUT2D eigenvalue weighted by atomic mass is 79.9. The maximum absolute atomic E-state index is 13.0. The molecule has 33 heavy (non-hydrogen) atoms. The fraction of sp³-hybridized carbons (Fsp3) is 0.0370. The highest BCUT2D eigenvalue weighted by Crippen LogP contribution is 2.28. The van der Waals surface area contributed by atoms with Crippen molar-refractivity contribution in [3.05, 3.63) is 115 Å². The van der Waals surface area contributed by atoms with E-state index in [0.29, 0.717) is 16.1 Å². The zero-order chi connectivity index (χ0) is 22.4. The summed E-state index contributed by atoms with van der Waals surface area (Å²) in [5.41, 5.74) is 3.69. The third-order valence-corrected chi connectivity index (χ3v) is 7.25. The summed E-state index contributed by atoms with van der Waals surface area (Å²) >= 11 is 5.03. The van der Waals surface area contributed by atoms with Crippen LogP contribution in [-0.2, 0) is 6.61 Å². The van der Waals surface area contributed by atoms with Crippen LogP contribution in [0, 0.1) is 0 Å². The number of fused-ring (bicyclic) bond motifs is 4. The molecule has 0 aliphatic rings. The number of ether oxygens (including phenoxy) is 1. The van der Waals surface area contributed by atoms with Gasteiger partial charge in [0.25, 0.3) is 5.56 Å². The molecule has 6 heteroatoms. The topological polar surface area (TPSA) is 43.6 Å². The van der Waals surface area contributed by atoms with Crippen LogP contribution in [0.2, 0.25) is 0 Å². The summed E-state index contributed by atoms with van der Waals surface area (Å²) in [6.45, 7) is 0.475. The van der Waals surface area contributed by atoms with Crippen molar-refractivity contribution in [2.24, 2.45) is 0 Å². The van der Waals surface area contributed by atoms with E-state index in [1.54, 1.807) is 4.40 Å². The van der Waals surface area contributed by atoms with Gasteiger partial charge in [0.15, 0.2) is 4.96 Å². The Kier molecular flexibility index (Phi) is 4.97. The van der Waals surface area contributed by atoms with Crippen LogP contribution < -0.4 is 14.8 Å². The Morgan fingerprint density at radius 2 is 1.79 bits per heavy atom. The number of benzene rings is 4. The quantitative estimate of drug-likeness (QED) is 0.293. The normalized spacial score (nSPS) is 12.2. The van der Waals surface area contributed by atoms with E-state index in [0.717, 1.165) is 32.4 Å². The van der Waals surface area contributed by atoms with Crippen LogP contribution in [0.25, 0.3) is 32.8 Å². The Bertz CT molecular complexity index is 1770. The average Bonchev–Trinajstić information content (AvgIpc) is 3.34. The first-order valence-electron chi connectivity index (χ1n) is 10.5. The summed E-state index contributed by atoms with van der Waals surface area (Å²) in [6, 6.07) is 28.1. The molecule has 0 spiro atoms. The molecular weight excluding hydrogens is 496 g/mol. The molecule has 160 valence electrons. The van der Waals surface area contributed by atoms with Crippen LogP contribution in [0.4, 0.5) is 0 Å². The van der Waals surface area contributed by atoms with Crippen LogP contribution in [0.5, 0.6) is 5.75 Å². The maximum atomic E-state index is 13.0. The number of nitrogens with zero attached hydrogens (tertiary/aromatic N) is 2. The molecule has 0 radical (unpaired) electrons. The number of halogens is 1. The van der Waals surface area contributed by atoms with Crippen molar-refractivity contribution in [3.63, 3.8) is 0 Å². The summed E-state index contributed by atoms with van der Waals surface area (Å²) in [5.74, 6) is 0.759. The van der Waals surface area contributed by atoms with Crippen LogP contribution in [-0.4, -0.2) is 9.38 Å². The van der Waals surface area contributed by atoms with Crippen molar-refractivity contribution < 1.29 is 4.74 Å². The number of thiazole rings is 1. The van der Waals surface area contributed by atoms with Gasteiger partial charge in [0.05, 0.1) is 20.0 Å². The van der Waals surface area contributed by atoms with Crippen LogP contribution in [0.15, 0.2) is 94.2 Å². The Morgan fingerprint density at radius 1 is 0.970 bits per heavy atom. The second-order valence-corrected chi connectivity index (χ2v) is 9.61. The predicted octanol–water partition coefficient (Wildman–Crippen LogP) is 5.95. The van der Waals surface area contributed by atoms with Crippen molar-refractivity contribution >= 4 is 60.1 Å². The lowest BCUT2D eigenvalue weighted by atomic mass is 10.1. The van der Waals surface area contributed by atoms with Gasteiger partial charge in [-0.25, -0.2) is 9.38 Å². The van der Waals surface area contributed by atoms with E-state index in [2.05, 4.69) is 51.2 Å². The smallest absolute Gasteiger partial charge is 0.274 e. The molecule has 2 aromatic heterocycles. The highest BCUT2D eigenvalue weighted by Gasteiger charge is 2.11. The molecule has 0 N–H and O–H groups in total. The van der Waals surface area contributed by atoms with E-state index in [-0.39, 0.29) is 5.56 Å². The standard InChI is InChI=1S/C27H17BrN2O2S/c28-21-14-17(15-25-26(31)30-23-11-4-3-10-22(23)29-27(30)33-25)12-13-24(21)32-16-19-8-5-7-18-6-1-2-9-20(18)19/h1-15H,16H2/b25-15-. The molecule has 4 nitrogen and oxygen atoms in total. The molecule has 0 saturated heterocycles. The lowest BCUT2D eigenvalue weighted by Gasteiger charge is -2.11. The van der Waals surface area contributed by atoms with Gasteiger partial charge in [0.2, 0.25) is 0 Å². The molecule has 0 aliphatic heterocycles. The summed E-state index contributed by atoms with van der Waals surface area (Å²) in [4.78, 5) is 18.3. The first kappa shape index (κ1) is 20.1. The zero-order valence-electron chi connectivity index (χ0n) is 17.4. The number of hydrogen-bond acceptors (Lipinski definition) is 4. The minimum absolute atomic E-state index is 0.0453. The third kappa shape index (κ3) is 3.61. The molecule has 4 aromatic carbocycles. The van der Waals surface area contributed by atoms with Gasteiger partial charge in [0.1, 0.15) is 12.4 Å². The van der Waals surface area contributed by atoms with Gasteiger partial charge in [-0.1, -0.05) is 72.0 Å². The van der Waals surface area contributed by atoms with Crippen molar-refractivity contribution in [1.29, 1.82) is 0 Å². The Balaban J connectivity index is 1.30. The fourth-order valence-electron chi connectivity index (χ4n) is 4.06. The summed E-state index contributed by atoms with van der Waals surface area (Å²) in [7, 11) is 0. The summed E-state index contributed by atoms with van der Waals surface area (Å²) in [5, 5.41) is 2.39. The lowest BCUT2D eigenvalue weighted by molar-refractivity contribution is 0.305. The monoisotopic (exact) mass is 512 g/mol. The number of imidazole rings is 1. The molecule has 0 bridgehead atoms. The third-order valence-electron chi connectivity index (χ3n) is 5.66. The molecule has 0 atom stereocenters. The lowest BCUT2D eigenvalue weighted by Crippen LogP contribution is -2.22. The van der Waals surface area contributed by atoms with Crippen LogP contribution in [0.1, 0.15) is 11.1 Å². The van der Waals surface area contributed by atoms with E-state index in [4.69, 9.17) is 4.74 Å². The molecule has 0 saturated carbocycles. The van der Waals surface area contributed by atoms with E-state index < -0.39 is 0 Å². The number of hydrogen-bond donors (Lipinski definition) is 0. The molecule has 6 aromatic rings. The van der Waals surface area contributed by atoms with E-state index in [1.807, 2.05) is 60.7 Å². The SMILES string of the molecule is O=c1/c(=C/c2ccc(OCc3cccc4ccccc34)c(Br)c2)sc2nc3ccccc3n12. The molecule has 0 aliphatic carbocycles. The van der Waals surface area contributed by atoms with Gasteiger partial charge in [-0.05, 0) is 68.2 Å². The fourth-order valence-corrected chi connectivity index (χ4v) is 5.56. The first-order valence-corrected chi connectivity index (χ1v) is 12.1. The molecule has 0 amide bonds. The van der Waals surface area contributed by atoms with Crippen molar-refractivity contribution in [2.75, 3.05) is 0 Å². The number of para-hydroxylation sites is 2. The van der Waals surface area contributed by atoms with E-state index in [9.17, 15) is 4.79 Å². The van der Waals surface area contributed by atoms with Crippen molar-refractivity contribution in [3.8, 4) is 5.75 Å². The average molecular weight is 513 g/mol. The molecular formula is C27H17BrN2O2S. The van der Waals surface area contributed by atoms with Gasteiger partial charge in [-0.15, -0.1) is 0 Å². The summed E-state index contributed by atoms with van der Waals surface area (Å²) in [6.07, 6.45) is 1.90. The minimum Gasteiger partial charge on any atom is -0.488 e. The Labute approximate surface area is 201 Å². The first-order chi connectivity index (χ1) is 16.2. The van der Waals surface area contributed by atoms with Crippen LogP contribution in [0.3, 0.4) is 0 Å². The second-order valence-electron chi connectivity index (χ2n) is 7.75. The zero-order valence-corrected chi connectivity index (χ0v) is 19.8. The van der Waals surface area contributed by atoms with Gasteiger partial charge in [0, 0.05) is 0 Å². The van der Waals surface area contributed by atoms with Crippen molar-refractivity contribution in [2.45, 2.75) is 6.61 Å². The van der Waals surface area contributed by atoms with Gasteiger partial charge in [-0.2, -0.15) is 0 Å². The molecule has 2 heterocycles. The largest absolute Gasteiger partial charge is 0.488 e. The highest BCUT2D eigenvalue weighted by molar-refractivity contribution is 9.10. The van der Waals surface area contributed by atoms with Crippen LogP contribution >= 0.6 is 27.3 Å².